The summed E-state index contributed by atoms with van der Waals surface area (Å²) in [5, 5.41) is 16.0. The van der Waals surface area contributed by atoms with Crippen molar-refractivity contribution in [2.24, 2.45) is 5.22 Å². The highest BCUT2D eigenvalue weighted by molar-refractivity contribution is 6.30. The van der Waals surface area contributed by atoms with Crippen molar-refractivity contribution in [2.75, 3.05) is 5.43 Å². The second-order valence-electron chi connectivity index (χ2n) is 6.20. The molecule has 1 aliphatic carbocycles. The number of nitrogens with zero attached hydrogens (tertiary/aromatic N) is 2. The monoisotopic (exact) mass is 357 g/mol. The molecule has 0 saturated carbocycles. The van der Waals surface area contributed by atoms with Gasteiger partial charge in [-0.15, -0.1) is 10.3 Å². The number of rotatable bonds is 3. The summed E-state index contributed by atoms with van der Waals surface area (Å²) in [6.07, 6.45) is 0. The number of nitrogens with one attached hydrogen (secondary N) is 1. The Bertz CT molecular complexity index is 1100. The Hall–Kier alpha value is -3.80. The quantitative estimate of drug-likeness (QED) is 0.335. The van der Waals surface area contributed by atoms with E-state index < -0.39 is 0 Å². The summed E-state index contributed by atoms with van der Waals surface area (Å²) in [6, 6.07) is 18.6. The first-order valence-corrected chi connectivity index (χ1v) is 8.39. The first kappa shape index (κ1) is 16.7. The number of hydrogen-bond acceptors (Lipinski definition) is 4. The van der Waals surface area contributed by atoms with Crippen LogP contribution in [0, 0.1) is 12.1 Å². The zero-order valence-electron chi connectivity index (χ0n) is 14.5. The van der Waals surface area contributed by atoms with E-state index in [0.717, 1.165) is 0 Å². The van der Waals surface area contributed by atoms with Crippen LogP contribution >= 0.6 is 0 Å². The van der Waals surface area contributed by atoms with E-state index in [-0.39, 0.29) is 17.1 Å². The number of hydrogen-bond donors (Lipinski definition) is 1. The lowest BCUT2D eigenvalue weighted by Gasteiger charge is -2.19. The fourth-order valence-corrected chi connectivity index (χ4v) is 3.14. The van der Waals surface area contributed by atoms with Gasteiger partial charge in [-0.05, 0) is 30.7 Å². The molecule has 1 aliphatic rings. The van der Waals surface area contributed by atoms with Gasteiger partial charge >= 0.3 is 0 Å². The number of aryl methyl sites for hydroxylation is 1. The van der Waals surface area contributed by atoms with E-state index in [1.54, 1.807) is 73.7 Å². The molecule has 0 unspecified atom stereocenters. The van der Waals surface area contributed by atoms with E-state index in [4.69, 9.17) is 0 Å². The number of fused-ring (bicyclic) bond motifs is 2. The minimum Gasteiger partial charge on any atom is -0.691 e. The van der Waals surface area contributed by atoms with Gasteiger partial charge in [0.05, 0.1) is 10.8 Å². The zero-order chi connectivity index (χ0) is 19.0. The molecule has 0 heterocycles. The highest BCUT2D eigenvalue weighted by Crippen LogP contribution is 2.34. The molecule has 0 atom stereocenters. The molecular formula is C21H15N3O3. The van der Waals surface area contributed by atoms with E-state index in [1.165, 1.54) is 0 Å². The average molecular weight is 357 g/mol. The van der Waals surface area contributed by atoms with Crippen LogP contribution in [0.5, 0.6) is 0 Å². The molecule has 0 saturated heterocycles. The molecule has 6 heteroatoms. The van der Waals surface area contributed by atoms with Crippen molar-refractivity contribution in [2.45, 2.75) is 6.92 Å². The first-order valence-electron chi connectivity index (χ1n) is 8.39. The van der Waals surface area contributed by atoms with Gasteiger partial charge in [0.2, 0.25) is 0 Å². The van der Waals surface area contributed by atoms with Gasteiger partial charge in [0, 0.05) is 16.7 Å². The molecule has 0 amide bonds. The molecule has 132 valence electrons. The Labute approximate surface area is 155 Å². The van der Waals surface area contributed by atoms with Gasteiger partial charge in [-0.1, -0.05) is 48.5 Å². The molecule has 1 N–H and O–H groups in total. The predicted octanol–water partition coefficient (Wildman–Crippen LogP) is 4.39. The lowest BCUT2D eigenvalue weighted by Crippen LogP contribution is -2.22. The molecule has 0 aliphatic heterocycles. The van der Waals surface area contributed by atoms with Gasteiger partial charge < -0.3 is 5.21 Å². The largest absolute Gasteiger partial charge is 0.691 e. The van der Waals surface area contributed by atoms with Crippen LogP contribution in [-0.4, -0.2) is 16.4 Å². The molecular weight excluding hydrogens is 342 g/mol. The molecule has 0 fully saturated rings. The average Bonchev–Trinajstić information content (AvgIpc) is 2.71. The van der Waals surface area contributed by atoms with Gasteiger partial charge in [0.15, 0.2) is 22.9 Å². The third kappa shape index (κ3) is 2.77. The molecule has 6 nitrogen and oxygen atoms in total. The standard InChI is InChI=1S/C21H15N3O3/c1-13-11-12-17-18(21(26)16-10-6-5-9-15(16)20(17)25)19(13)22-23-24(27)14-7-3-2-4-8-14/h2-12,22H,1H3/b24-23-. The fraction of sp³-hybridized carbons (Fsp3) is 0.0476. The zero-order valence-corrected chi connectivity index (χ0v) is 14.5. The van der Waals surface area contributed by atoms with Gasteiger partial charge in [0.1, 0.15) is 0 Å². The number of para-hydroxylation sites is 1. The van der Waals surface area contributed by atoms with Crippen molar-refractivity contribution in [1.29, 1.82) is 0 Å². The third-order valence-corrected chi connectivity index (χ3v) is 4.53. The van der Waals surface area contributed by atoms with Gasteiger partial charge in [-0.25, -0.2) is 0 Å². The molecule has 3 aromatic carbocycles. The van der Waals surface area contributed by atoms with Crippen LogP contribution in [0.1, 0.15) is 37.4 Å². The maximum atomic E-state index is 13.0. The van der Waals surface area contributed by atoms with E-state index >= 15 is 0 Å². The molecule has 3 aromatic rings. The van der Waals surface area contributed by atoms with Crippen molar-refractivity contribution < 1.29 is 14.4 Å². The van der Waals surface area contributed by atoms with Crippen LogP contribution in [0.4, 0.5) is 11.4 Å². The smallest absolute Gasteiger partial charge is 0.198 e. The van der Waals surface area contributed by atoms with Gasteiger partial charge in [0.25, 0.3) is 0 Å². The van der Waals surface area contributed by atoms with Crippen LogP contribution in [0.3, 0.4) is 0 Å². The molecule has 0 bridgehead atoms. The molecule has 0 aromatic heterocycles. The van der Waals surface area contributed by atoms with E-state index in [2.05, 4.69) is 10.6 Å². The summed E-state index contributed by atoms with van der Waals surface area (Å²) in [4.78, 5) is 26.2. The minimum atomic E-state index is -0.265. The summed E-state index contributed by atoms with van der Waals surface area (Å²) >= 11 is 0. The maximum absolute atomic E-state index is 13.0. The summed E-state index contributed by atoms with van der Waals surface area (Å²) in [5.74, 6) is -0.482. The van der Waals surface area contributed by atoms with Crippen molar-refractivity contribution in [3.63, 3.8) is 0 Å². The first-order chi connectivity index (χ1) is 13.1. The van der Waals surface area contributed by atoms with E-state index in [0.29, 0.717) is 38.5 Å². The lowest BCUT2D eigenvalue weighted by molar-refractivity contribution is -0.439. The molecule has 4 rings (SSSR count). The van der Waals surface area contributed by atoms with Crippen molar-refractivity contribution in [1.82, 2.24) is 0 Å². The van der Waals surface area contributed by atoms with E-state index in [1.807, 2.05) is 0 Å². The number of carbonyl (C=O) groups excluding carboxylic acids is 2. The SMILES string of the molecule is Cc1ccc2c(c1N/N=[N+](\[O-])c1ccccc1)C(=O)c1ccccc1C2=O. The normalized spacial score (nSPS) is 13.1. The van der Waals surface area contributed by atoms with Crippen LogP contribution < -0.4 is 5.43 Å². The number of anilines is 1. The number of carbonyl (C=O) groups is 2. The molecule has 0 radical (unpaired) electrons. The van der Waals surface area contributed by atoms with E-state index in [9.17, 15) is 14.8 Å². The Morgan fingerprint density at radius 2 is 1.44 bits per heavy atom. The summed E-state index contributed by atoms with van der Waals surface area (Å²) in [5.41, 5.74) is 5.38. The van der Waals surface area contributed by atoms with Crippen LogP contribution in [0.2, 0.25) is 0 Å². The minimum absolute atomic E-state index is 0.217. The van der Waals surface area contributed by atoms with Crippen molar-refractivity contribution >= 4 is 22.9 Å². The fourth-order valence-electron chi connectivity index (χ4n) is 3.14. The second-order valence-corrected chi connectivity index (χ2v) is 6.20. The van der Waals surface area contributed by atoms with Crippen LogP contribution in [-0.2, 0) is 0 Å². The summed E-state index contributed by atoms with van der Waals surface area (Å²) in [6.45, 7) is 1.79. The maximum Gasteiger partial charge on any atom is 0.198 e. The van der Waals surface area contributed by atoms with Crippen molar-refractivity contribution in [3.8, 4) is 0 Å². The van der Waals surface area contributed by atoms with Crippen molar-refractivity contribution in [3.05, 3.63) is 99.8 Å². The molecule has 27 heavy (non-hydrogen) atoms. The molecule has 0 spiro atoms. The Balaban J connectivity index is 1.80. The Kier molecular flexibility index (Phi) is 4.01. The van der Waals surface area contributed by atoms with Gasteiger partial charge in [-0.2, -0.15) is 0 Å². The summed E-state index contributed by atoms with van der Waals surface area (Å²) in [7, 11) is 0. The van der Waals surface area contributed by atoms with Crippen LogP contribution in [0.25, 0.3) is 0 Å². The number of benzene rings is 3. The second kappa shape index (κ2) is 6.49. The Morgan fingerprint density at radius 3 is 2.15 bits per heavy atom. The Morgan fingerprint density at radius 1 is 0.815 bits per heavy atom. The lowest BCUT2D eigenvalue weighted by atomic mass is 9.82. The highest BCUT2D eigenvalue weighted by atomic mass is 16.5. The topological polar surface area (TPSA) is 84.6 Å². The predicted molar refractivity (Wildman–Crippen MR) is 100 cm³/mol. The van der Waals surface area contributed by atoms with Crippen LogP contribution in [0.15, 0.2) is 72.0 Å². The number of ketones is 2. The van der Waals surface area contributed by atoms with Gasteiger partial charge in [-0.3, -0.25) is 9.59 Å². The summed E-state index contributed by atoms with van der Waals surface area (Å²) < 4.78 is 0. The third-order valence-electron chi connectivity index (χ3n) is 4.53. The highest BCUT2D eigenvalue weighted by Gasteiger charge is 2.33.